The first kappa shape index (κ1) is 19.3. The van der Waals surface area contributed by atoms with Gasteiger partial charge in [-0.3, -0.25) is 0 Å². The van der Waals surface area contributed by atoms with E-state index in [-0.39, 0.29) is 18.2 Å². The smallest absolute Gasteiger partial charge is 0.123 e. The molecule has 6 nitrogen and oxygen atoms in total. The minimum Gasteiger partial charge on any atom is -0.393 e. The van der Waals surface area contributed by atoms with Crippen LogP contribution < -0.4 is 5.73 Å². The predicted octanol–water partition coefficient (Wildman–Crippen LogP) is 3.96. The molecule has 0 amide bonds. The summed E-state index contributed by atoms with van der Waals surface area (Å²) < 4.78 is 8.30. The Bertz CT molecular complexity index is 1010. The Balaban J connectivity index is 1.16. The van der Waals surface area contributed by atoms with Crippen molar-refractivity contribution in [3.63, 3.8) is 0 Å². The van der Waals surface area contributed by atoms with E-state index in [4.69, 9.17) is 10.5 Å². The van der Waals surface area contributed by atoms with Crippen LogP contribution in [0.1, 0.15) is 49.3 Å². The molecule has 1 fully saturated rings. The number of imidazole rings is 1. The Morgan fingerprint density at radius 3 is 2.83 bits per heavy atom. The highest BCUT2D eigenvalue weighted by atomic mass is 16.5. The second-order valence-corrected chi connectivity index (χ2v) is 8.53. The third kappa shape index (κ3) is 3.73. The lowest BCUT2D eigenvalue weighted by Crippen LogP contribution is -2.30. The molecule has 2 atom stereocenters. The number of ether oxygens (including phenoxy) is 1. The van der Waals surface area contributed by atoms with Gasteiger partial charge in [-0.2, -0.15) is 0 Å². The summed E-state index contributed by atoms with van der Waals surface area (Å²) in [5, 5.41) is 11.1. The molecule has 1 saturated carbocycles. The van der Waals surface area contributed by atoms with Gasteiger partial charge < -0.3 is 20.1 Å². The van der Waals surface area contributed by atoms with Gasteiger partial charge in [-0.05, 0) is 61.3 Å². The highest BCUT2D eigenvalue weighted by molar-refractivity contribution is 5.68. The average molecular weight is 405 g/mol. The molecule has 30 heavy (non-hydrogen) atoms. The molecule has 1 aromatic carbocycles. The van der Waals surface area contributed by atoms with Crippen molar-refractivity contribution < 1.29 is 9.84 Å². The molecule has 1 unspecified atom stereocenters. The summed E-state index contributed by atoms with van der Waals surface area (Å²) in [6, 6.07) is 12.4. The number of rotatable bonds is 6. The SMILES string of the molecule is Nc1cc(COC2CCC([C@H](O)CC3c4ccccc4-c4cncn43)CC2)ccn1. The van der Waals surface area contributed by atoms with Crippen LogP contribution in [0.15, 0.2) is 55.1 Å². The summed E-state index contributed by atoms with van der Waals surface area (Å²) in [6.07, 6.45) is 10.1. The summed E-state index contributed by atoms with van der Waals surface area (Å²) in [6.45, 7) is 0.562. The monoisotopic (exact) mass is 404 g/mol. The molecule has 6 heteroatoms. The van der Waals surface area contributed by atoms with Crippen LogP contribution in [0.3, 0.4) is 0 Å². The molecular weight excluding hydrogens is 376 g/mol. The van der Waals surface area contributed by atoms with Crippen molar-refractivity contribution in [2.75, 3.05) is 5.73 Å². The third-order valence-electron chi connectivity index (χ3n) is 6.66. The Morgan fingerprint density at radius 2 is 2.00 bits per heavy atom. The van der Waals surface area contributed by atoms with Gasteiger partial charge in [-0.25, -0.2) is 9.97 Å². The van der Waals surface area contributed by atoms with Gasteiger partial charge in [0.05, 0.1) is 43.1 Å². The molecule has 1 aliphatic heterocycles. The lowest BCUT2D eigenvalue weighted by Gasteiger charge is -2.32. The summed E-state index contributed by atoms with van der Waals surface area (Å²) >= 11 is 0. The summed E-state index contributed by atoms with van der Waals surface area (Å²) in [5.41, 5.74) is 10.5. The predicted molar refractivity (Wildman–Crippen MR) is 116 cm³/mol. The summed E-state index contributed by atoms with van der Waals surface area (Å²) in [5.74, 6) is 0.846. The first-order chi connectivity index (χ1) is 14.7. The van der Waals surface area contributed by atoms with E-state index in [0.29, 0.717) is 18.3 Å². The lowest BCUT2D eigenvalue weighted by molar-refractivity contribution is -0.0160. The number of nitrogens with zero attached hydrogens (tertiary/aromatic N) is 3. The number of anilines is 1. The van der Waals surface area contributed by atoms with E-state index in [1.165, 1.54) is 11.1 Å². The lowest BCUT2D eigenvalue weighted by atomic mass is 9.81. The minimum absolute atomic E-state index is 0.167. The molecule has 156 valence electrons. The van der Waals surface area contributed by atoms with Crippen molar-refractivity contribution >= 4 is 5.82 Å². The van der Waals surface area contributed by atoms with Crippen molar-refractivity contribution in [2.24, 2.45) is 5.92 Å². The molecule has 1 aliphatic carbocycles. The molecule has 3 N–H and O–H groups in total. The van der Waals surface area contributed by atoms with Crippen LogP contribution >= 0.6 is 0 Å². The van der Waals surface area contributed by atoms with Crippen LogP contribution in [0.4, 0.5) is 5.82 Å². The van der Waals surface area contributed by atoms with Crippen molar-refractivity contribution in [2.45, 2.75) is 57.0 Å². The number of aromatic nitrogens is 3. The third-order valence-corrected chi connectivity index (χ3v) is 6.66. The maximum absolute atomic E-state index is 11.1. The number of pyridine rings is 1. The Labute approximate surface area is 176 Å². The van der Waals surface area contributed by atoms with E-state index < -0.39 is 0 Å². The van der Waals surface area contributed by atoms with Crippen LogP contribution in [0.5, 0.6) is 0 Å². The van der Waals surface area contributed by atoms with Crippen molar-refractivity contribution in [1.29, 1.82) is 0 Å². The molecule has 0 radical (unpaired) electrons. The van der Waals surface area contributed by atoms with Crippen molar-refractivity contribution in [1.82, 2.24) is 14.5 Å². The number of hydrogen-bond acceptors (Lipinski definition) is 5. The summed E-state index contributed by atoms with van der Waals surface area (Å²) in [7, 11) is 0. The second-order valence-electron chi connectivity index (χ2n) is 8.53. The molecule has 0 saturated heterocycles. The van der Waals surface area contributed by atoms with Gasteiger partial charge in [-0.1, -0.05) is 24.3 Å². The number of nitrogens with two attached hydrogens (primary N) is 1. The Kier molecular flexibility index (Phi) is 5.27. The Morgan fingerprint density at radius 1 is 1.17 bits per heavy atom. The summed E-state index contributed by atoms with van der Waals surface area (Å²) in [4.78, 5) is 8.35. The molecule has 0 bridgehead atoms. The number of nitrogen functional groups attached to an aromatic ring is 1. The number of fused-ring (bicyclic) bond motifs is 3. The maximum Gasteiger partial charge on any atom is 0.123 e. The van der Waals surface area contributed by atoms with E-state index in [1.807, 2.05) is 24.7 Å². The standard InChI is InChI=1S/C24H28N4O2/c25-24-11-16(9-10-27-24)14-30-18-7-5-17(6-8-18)23(29)12-21-19-3-1-2-4-20(19)22-13-26-15-28(21)22/h1-4,9-11,13,15,17-18,21,23,29H,5-8,12,14H2,(H2,25,27)/t17?,18?,21?,23-/m1/s1. The van der Waals surface area contributed by atoms with E-state index in [9.17, 15) is 5.11 Å². The number of aliphatic hydroxyl groups excluding tert-OH is 1. The van der Waals surface area contributed by atoms with E-state index in [2.05, 4.69) is 38.8 Å². The van der Waals surface area contributed by atoms with E-state index in [1.54, 1.807) is 6.20 Å². The van der Waals surface area contributed by atoms with Crippen LogP contribution in [0.25, 0.3) is 11.3 Å². The maximum atomic E-state index is 11.1. The number of aliphatic hydroxyl groups is 1. The first-order valence-corrected chi connectivity index (χ1v) is 10.8. The van der Waals surface area contributed by atoms with Crippen LogP contribution in [-0.4, -0.2) is 31.8 Å². The van der Waals surface area contributed by atoms with Gasteiger partial charge in [0.15, 0.2) is 0 Å². The zero-order chi connectivity index (χ0) is 20.5. The minimum atomic E-state index is -0.322. The van der Waals surface area contributed by atoms with Gasteiger partial charge in [0.1, 0.15) is 5.82 Å². The van der Waals surface area contributed by atoms with Gasteiger partial charge in [-0.15, -0.1) is 0 Å². The zero-order valence-corrected chi connectivity index (χ0v) is 17.0. The first-order valence-electron chi connectivity index (χ1n) is 10.8. The van der Waals surface area contributed by atoms with Gasteiger partial charge >= 0.3 is 0 Å². The van der Waals surface area contributed by atoms with Gasteiger partial charge in [0, 0.05) is 11.8 Å². The normalized spacial score (nSPS) is 23.7. The number of hydrogen-bond donors (Lipinski definition) is 2. The molecule has 3 aromatic rings. The average Bonchev–Trinajstić information content (AvgIpc) is 3.35. The quantitative estimate of drug-likeness (QED) is 0.649. The molecular formula is C24H28N4O2. The molecule has 2 aliphatic rings. The molecule has 2 aromatic heterocycles. The molecule has 0 spiro atoms. The van der Waals surface area contributed by atoms with Crippen LogP contribution in [-0.2, 0) is 11.3 Å². The van der Waals surface area contributed by atoms with E-state index >= 15 is 0 Å². The fraction of sp³-hybridized carbons (Fsp3) is 0.417. The second kappa shape index (κ2) is 8.20. The fourth-order valence-corrected chi connectivity index (χ4v) is 5.03. The molecule has 5 rings (SSSR count). The van der Waals surface area contributed by atoms with Crippen molar-refractivity contribution in [3.8, 4) is 11.3 Å². The van der Waals surface area contributed by atoms with Crippen LogP contribution in [0.2, 0.25) is 0 Å². The molecule has 3 heterocycles. The zero-order valence-electron chi connectivity index (χ0n) is 17.0. The van der Waals surface area contributed by atoms with Gasteiger partial charge in [0.2, 0.25) is 0 Å². The topological polar surface area (TPSA) is 86.2 Å². The van der Waals surface area contributed by atoms with Crippen molar-refractivity contribution in [3.05, 3.63) is 66.2 Å². The highest BCUT2D eigenvalue weighted by Gasteiger charge is 2.33. The largest absolute Gasteiger partial charge is 0.393 e. The van der Waals surface area contributed by atoms with Gasteiger partial charge in [0.25, 0.3) is 0 Å². The van der Waals surface area contributed by atoms with E-state index in [0.717, 1.165) is 43.4 Å². The van der Waals surface area contributed by atoms with Crippen LogP contribution in [0, 0.1) is 5.92 Å². The number of benzene rings is 1. The Hall–Kier alpha value is -2.70. The fourth-order valence-electron chi connectivity index (χ4n) is 5.03. The highest BCUT2D eigenvalue weighted by Crippen LogP contribution is 2.42.